The Hall–Kier alpha value is -2.24. The van der Waals surface area contributed by atoms with Gasteiger partial charge in [-0.2, -0.15) is 13.2 Å². The van der Waals surface area contributed by atoms with Gasteiger partial charge in [0, 0.05) is 12.6 Å². The molecule has 0 bridgehead atoms. The van der Waals surface area contributed by atoms with Gasteiger partial charge in [0.15, 0.2) is 5.78 Å². The molecule has 0 aliphatic heterocycles. The Morgan fingerprint density at radius 2 is 1.79 bits per heavy atom. The van der Waals surface area contributed by atoms with Crippen molar-refractivity contribution in [2.75, 3.05) is 0 Å². The van der Waals surface area contributed by atoms with Crippen molar-refractivity contribution in [3.63, 3.8) is 0 Å². The smallest absolute Gasteiger partial charge is 0.292 e. The molecule has 2 rings (SSSR count). The molecule has 0 saturated heterocycles. The number of ketones is 1. The summed E-state index contributed by atoms with van der Waals surface area (Å²) in [6, 6.07) is 5.97. The number of Topliss-reactive ketones (excluding diaryl/α,β-unsaturated/α-hetero) is 1. The summed E-state index contributed by atoms with van der Waals surface area (Å²) < 4.78 is 37.1. The summed E-state index contributed by atoms with van der Waals surface area (Å²) in [6.45, 7) is 0. The predicted octanol–water partition coefficient (Wildman–Crippen LogP) is 2.92. The first kappa shape index (κ1) is 13.2. The van der Waals surface area contributed by atoms with Gasteiger partial charge in [-0.3, -0.25) is 4.79 Å². The van der Waals surface area contributed by atoms with E-state index < -0.39 is 11.7 Å². The third kappa shape index (κ3) is 3.37. The van der Waals surface area contributed by atoms with Gasteiger partial charge in [-0.05, 0) is 23.8 Å². The number of benzene rings is 1. The van der Waals surface area contributed by atoms with E-state index in [1.165, 1.54) is 30.7 Å². The van der Waals surface area contributed by atoms with Gasteiger partial charge in [-0.15, -0.1) is 0 Å². The van der Waals surface area contributed by atoms with Crippen LogP contribution in [0.5, 0.6) is 0 Å². The van der Waals surface area contributed by atoms with Crippen molar-refractivity contribution in [2.45, 2.75) is 12.6 Å². The quantitative estimate of drug-likeness (QED) is 0.802. The highest BCUT2D eigenvalue weighted by molar-refractivity contribution is 5.95. The lowest BCUT2D eigenvalue weighted by molar-refractivity contribution is -0.137. The van der Waals surface area contributed by atoms with Crippen molar-refractivity contribution < 1.29 is 18.0 Å². The molecule has 19 heavy (non-hydrogen) atoms. The average molecular weight is 266 g/mol. The molecule has 0 N–H and O–H groups in total. The van der Waals surface area contributed by atoms with Crippen molar-refractivity contribution >= 4 is 5.78 Å². The molecule has 0 amide bonds. The van der Waals surface area contributed by atoms with Crippen molar-refractivity contribution in [1.82, 2.24) is 9.97 Å². The van der Waals surface area contributed by atoms with Crippen LogP contribution in [0.25, 0.3) is 0 Å². The van der Waals surface area contributed by atoms with E-state index >= 15 is 0 Å². The van der Waals surface area contributed by atoms with E-state index in [2.05, 4.69) is 9.97 Å². The number of aromatic nitrogens is 2. The third-order valence-electron chi connectivity index (χ3n) is 2.51. The van der Waals surface area contributed by atoms with Crippen molar-refractivity contribution in [1.29, 1.82) is 0 Å². The normalized spacial score (nSPS) is 11.3. The van der Waals surface area contributed by atoms with Crippen molar-refractivity contribution in [3.8, 4) is 0 Å². The standard InChI is InChI=1S/C13H9F3N2O/c14-13(15,16)10-3-1-9(2-4-10)7-12(19)11-5-6-17-8-18-11/h1-6,8H,7H2. The van der Waals surface area contributed by atoms with Crippen LogP contribution in [0.1, 0.15) is 21.6 Å². The van der Waals surface area contributed by atoms with E-state index in [9.17, 15) is 18.0 Å². The lowest BCUT2D eigenvalue weighted by Gasteiger charge is -2.07. The maximum atomic E-state index is 12.4. The first-order valence-corrected chi connectivity index (χ1v) is 5.42. The summed E-state index contributed by atoms with van der Waals surface area (Å²) in [4.78, 5) is 19.3. The molecule has 0 aliphatic rings. The minimum Gasteiger partial charge on any atom is -0.292 e. The molecule has 0 radical (unpaired) electrons. The largest absolute Gasteiger partial charge is 0.416 e. The van der Waals surface area contributed by atoms with Crippen LogP contribution < -0.4 is 0 Å². The van der Waals surface area contributed by atoms with Crippen molar-refractivity contribution in [2.24, 2.45) is 0 Å². The van der Waals surface area contributed by atoms with Gasteiger partial charge < -0.3 is 0 Å². The van der Waals surface area contributed by atoms with Crippen LogP contribution in [-0.2, 0) is 12.6 Å². The van der Waals surface area contributed by atoms with Gasteiger partial charge >= 0.3 is 6.18 Å². The molecular formula is C13H9F3N2O. The molecule has 6 heteroatoms. The Morgan fingerprint density at radius 1 is 1.11 bits per heavy atom. The molecule has 0 atom stereocenters. The van der Waals surface area contributed by atoms with Gasteiger partial charge in [0.1, 0.15) is 12.0 Å². The summed E-state index contributed by atoms with van der Waals surface area (Å²) in [7, 11) is 0. The number of carbonyl (C=O) groups excluding carboxylic acids is 1. The number of carbonyl (C=O) groups is 1. The molecule has 1 aromatic heterocycles. The maximum absolute atomic E-state index is 12.4. The zero-order chi connectivity index (χ0) is 13.9. The minimum atomic E-state index is -4.37. The van der Waals surface area contributed by atoms with Crippen LogP contribution >= 0.6 is 0 Å². The van der Waals surface area contributed by atoms with Gasteiger partial charge in [0.25, 0.3) is 0 Å². The molecule has 0 spiro atoms. The van der Waals surface area contributed by atoms with E-state index in [0.29, 0.717) is 5.56 Å². The monoisotopic (exact) mass is 266 g/mol. The minimum absolute atomic E-state index is 0.00908. The van der Waals surface area contributed by atoms with E-state index in [4.69, 9.17) is 0 Å². The Bertz CT molecular complexity index is 565. The molecule has 0 unspecified atom stereocenters. The number of alkyl halides is 3. The van der Waals surface area contributed by atoms with Crippen LogP contribution in [0, 0.1) is 0 Å². The van der Waals surface area contributed by atoms with Gasteiger partial charge in [-0.25, -0.2) is 9.97 Å². The highest BCUT2D eigenvalue weighted by atomic mass is 19.4. The van der Waals surface area contributed by atoms with E-state index in [0.717, 1.165) is 12.1 Å². The van der Waals surface area contributed by atoms with E-state index in [1.807, 2.05) is 0 Å². The summed E-state index contributed by atoms with van der Waals surface area (Å²) in [5, 5.41) is 0. The number of hydrogen-bond acceptors (Lipinski definition) is 3. The maximum Gasteiger partial charge on any atom is 0.416 e. The third-order valence-corrected chi connectivity index (χ3v) is 2.51. The number of rotatable bonds is 3. The molecule has 1 heterocycles. The van der Waals surface area contributed by atoms with Crippen LogP contribution in [-0.4, -0.2) is 15.8 Å². The van der Waals surface area contributed by atoms with Crippen LogP contribution in [0.4, 0.5) is 13.2 Å². The summed E-state index contributed by atoms with van der Waals surface area (Å²) >= 11 is 0. The first-order chi connectivity index (χ1) is 8.97. The van der Waals surface area contributed by atoms with E-state index in [1.54, 1.807) is 0 Å². The number of halogens is 3. The second-order valence-corrected chi connectivity index (χ2v) is 3.89. The molecule has 0 aliphatic carbocycles. The Labute approximate surface area is 107 Å². The average Bonchev–Trinajstić information content (AvgIpc) is 2.39. The Kier molecular flexibility index (Phi) is 3.59. The molecule has 98 valence electrons. The molecule has 0 saturated carbocycles. The van der Waals surface area contributed by atoms with Crippen molar-refractivity contribution in [3.05, 3.63) is 59.7 Å². The fraction of sp³-hybridized carbons (Fsp3) is 0.154. The highest BCUT2D eigenvalue weighted by Gasteiger charge is 2.29. The van der Waals surface area contributed by atoms with Crippen LogP contribution in [0.15, 0.2) is 42.9 Å². The van der Waals surface area contributed by atoms with Crippen LogP contribution in [0.3, 0.4) is 0 Å². The van der Waals surface area contributed by atoms with Gasteiger partial charge in [-0.1, -0.05) is 12.1 Å². The summed E-state index contributed by atoms with van der Waals surface area (Å²) in [5.74, 6) is -0.262. The van der Waals surface area contributed by atoms with Gasteiger partial charge in [0.05, 0.1) is 5.56 Å². The fourth-order valence-electron chi connectivity index (χ4n) is 1.54. The molecule has 2 aromatic rings. The first-order valence-electron chi connectivity index (χ1n) is 5.42. The summed E-state index contributed by atoms with van der Waals surface area (Å²) in [5.41, 5.74) is 0.0252. The predicted molar refractivity (Wildman–Crippen MR) is 61.5 cm³/mol. The SMILES string of the molecule is O=C(Cc1ccc(C(F)(F)F)cc1)c1ccncn1. The molecular weight excluding hydrogens is 257 g/mol. The van der Waals surface area contributed by atoms with E-state index in [-0.39, 0.29) is 17.9 Å². The Morgan fingerprint density at radius 3 is 2.32 bits per heavy atom. The zero-order valence-corrected chi connectivity index (χ0v) is 9.69. The Balaban J connectivity index is 2.10. The fourth-order valence-corrected chi connectivity index (χ4v) is 1.54. The molecule has 0 fully saturated rings. The zero-order valence-electron chi connectivity index (χ0n) is 9.69. The lowest BCUT2D eigenvalue weighted by atomic mass is 10.0. The number of nitrogens with zero attached hydrogens (tertiary/aromatic N) is 2. The highest BCUT2D eigenvalue weighted by Crippen LogP contribution is 2.29. The lowest BCUT2D eigenvalue weighted by Crippen LogP contribution is -2.07. The second-order valence-electron chi connectivity index (χ2n) is 3.89. The second kappa shape index (κ2) is 5.17. The van der Waals surface area contributed by atoms with Gasteiger partial charge in [0.2, 0.25) is 0 Å². The molecule has 1 aromatic carbocycles. The molecule has 3 nitrogen and oxygen atoms in total. The summed E-state index contributed by atoms with van der Waals surface area (Å²) in [6.07, 6.45) is -1.67. The topological polar surface area (TPSA) is 42.9 Å². The van der Waals surface area contributed by atoms with Crippen LogP contribution in [0.2, 0.25) is 0 Å². The number of hydrogen-bond donors (Lipinski definition) is 0.